The zero-order valence-corrected chi connectivity index (χ0v) is 11.2. The maximum Gasteiger partial charge on any atom is 0.166 e. The number of rotatable bonds is 2. The molecule has 7 nitrogen and oxygen atoms in total. The lowest BCUT2D eigenvalue weighted by molar-refractivity contribution is 0.0600. The van der Waals surface area contributed by atoms with Gasteiger partial charge >= 0.3 is 0 Å². The number of anilines is 1. The van der Waals surface area contributed by atoms with Gasteiger partial charge in [-0.05, 0) is 25.7 Å². The molecule has 0 saturated heterocycles. The van der Waals surface area contributed by atoms with Crippen LogP contribution in [0, 0.1) is 18.3 Å². The van der Waals surface area contributed by atoms with E-state index < -0.39 is 6.10 Å². The predicted octanol–water partition coefficient (Wildman–Crippen LogP) is 0.0212. The van der Waals surface area contributed by atoms with Crippen LogP contribution in [-0.2, 0) is 0 Å². The van der Waals surface area contributed by atoms with Crippen LogP contribution in [-0.4, -0.2) is 42.4 Å². The van der Waals surface area contributed by atoms with Gasteiger partial charge in [-0.15, -0.1) is 0 Å². The zero-order valence-electron chi connectivity index (χ0n) is 11.2. The molecule has 0 bridgehead atoms. The predicted molar refractivity (Wildman–Crippen MR) is 71.8 cm³/mol. The maximum absolute atomic E-state index is 10.2. The molecule has 2 heterocycles. The van der Waals surface area contributed by atoms with E-state index in [2.05, 4.69) is 15.0 Å². The minimum atomic E-state index is -0.458. The normalized spacial score (nSPS) is 35.5. The van der Waals surface area contributed by atoms with Gasteiger partial charge in [0.05, 0.1) is 19.0 Å². The van der Waals surface area contributed by atoms with Crippen LogP contribution in [0.4, 0.5) is 5.82 Å². The number of nitrogen functional groups attached to an aromatic ring is 1. The third kappa shape index (κ3) is 1.34. The summed E-state index contributed by atoms with van der Waals surface area (Å²) in [7, 11) is 0. The molecule has 0 aliphatic heterocycles. The van der Waals surface area contributed by atoms with Gasteiger partial charge in [-0.2, -0.15) is 0 Å². The van der Waals surface area contributed by atoms with E-state index in [1.807, 2.05) is 4.57 Å². The van der Waals surface area contributed by atoms with E-state index in [0.29, 0.717) is 29.2 Å². The topological polar surface area (TPSA) is 110 Å². The zero-order chi connectivity index (χ0) is 14.1. The van der Waals surface area contributed by atoms with Crippen molar-refractivity contribution in [3.63, 3.8) is 0 Å². The molecule has 0 aromatic carbocycles. The quantitative estimate of drug-likeness (QED) is 0.712. The van der Waals surface area contributed by atoms with Crippen molar-refractivity contribution in [2.75, 3.05) is 12.3 Å². The second-order valence-corrected chi connectivity index (χ2v) is 6.00. The highest BCUT2D eigenvalue weighted by Gasteiger charge is 2.67. The van der Waals surface area contributed by atoms with Gasteiger partial charge in [-0.1, -0.05) is 0 Å². The average molecular weight is 275 g/mol. The molecule has 0 radical (unpaired) electrons. The summed E-state index contributed by atoms with van der Waals surface area (Å²) >= 11 is 0. The highest BCUT2D eigenvalue weighted by Crippen LogP contribution is 2.67. The number of aryl methyl sites for hydroxylation is 1. The van der Waals surface area contributed by atoms with E-state index in [0.717, 1.165) is 6.42 Å². The second kappa shape index (κ2) is 3.67. The molecule has 7 heteroatoms. The number of aliphatic hydroxyl groups excluding tert-OH is 2. The summed E-state index contributed by atoms with van der Waals surface area (Å²) in [6.07, 6.45) is 2.74. The second-order valence-electron chi connectivity index (χ2n) is 6.00. The van der Waals surface area contributed by atoms with Gasteiger partial charge in [0.15, 0.2) is 11.5 Å². The lowest BCUT2D eigenvalue weighted by Crippen LogP contribution is -2.22. The molecular formula is C13H17N5O2. The number of imidazole rings is 1. The van der Waals surface area contributed by atoms with Crippen LogP contribution in [0.25, 0.3) is 11.2 Å². The van der Waals surface area contributed by atoms with Gasteiger partial charge in [0, 0.05) is 11.5 Å². The summed E-state index contributed by atoms with van der Waals surface area (Å²) in [5.41, 5.74) is 6.89. The highest BCUT2D eigenvalue weighted by atomic mass is 16.3. The number of hydrogen-bond acceptors (Lipinski definition) is 6. The average Bonchev–Trinajstić information content (AvgIpc) is 2.91. The summed E-state index contributed by atoms with van der Waals surface area (Å²) in [6, 6.07) is 0.121. The van der Waals surface area contributed by atoms with Crippen LogP contribution in [0.3, 0.4) is 0 Å². The Kier molecular flexibility index (Phi) is 2.21. The summed E-state index contributed by atoms with van der Waals surface area (Å²) in [5.74, 6) is 1.28. The van der Waals surface area contributed by atoms with Crippen molar-refractivity contribution in [2.24, 2.45) is 11.3 Å². The molecule has 4 rings (SSSR count). The first-order valence-corrected chi connectivity index (χ1v) is 6.82. The van der Waals surface area contributed by atoms with Crippen LogP contribution in [0.2, 0.25) is 0 Å². The van der Waals surface area contributed by atoms with Crippen molar-refractivity contribution in [1.82, 2.24) is 19.5 Å². The number of aliphatic hydroxyl groups is 2. The van der Waals surface area contributed by atoms with Gasteiger partial charge in [-0.25, -0.2) is 15.0 Å². The van der Waals surface area contributed by atoms with Crippen molar-refractivity contribution in [2.45, 2.75) is 31.9 Å². The molecule has 106 valence electrons. The van der Waals surface area contributed by atoms with Crippen LogP contribution in [0.5, 0.6) is 0 Å². The number of aromatic nitrogens is 4. The molecule has 20 heavy (non-hydrogen) atoms. The van der Waals surface area contributed by atoms with Crippen LogP contribution < -0.4 is 5.73 Å². The molecule has 2 aliphatic carbocycles. The third-order valence-electron chi connectivity index (χ3n) is 4.98. The maximum atomic E-state index is 10.2. The summed E-state index contributed by atoms with van der Waals surface area (Å²) in [5, 5.41) is 19.7. The number of fused-ring (bicyclic) bond motifs is 2. The Morgan fingerprint density at radius 3 is 2.95 bits per heavy atom. The van der Waals surface area contributed by atoms with E-state index in [9.17, 15) is 10.2 Å². The Bertz CT molecular complexity index is 699. The van der Waals surface area contributed by atoms with Crippen molar-refractivity contribution in [3.8, 4) is 0 Å². The van der Waals surface area contributed by atoms with Crippen LogP contribution >= 0.6 is 0 Å². The smallest absolute Gasteiger partial charge is 0.166 e. The monoisotopic (exact) mass is 275 g/mol. The molecule has 4 unspecified atom stereocenters. The number of nitrogens with zero attached hydrogens (tertiary/aromatic N) is 4. The molecule has 2 aromatic heterocycles. The lowest BCUT2D eigenvalue weighted by Gasteiger charge is -2.16. The molecular weight excluding hydrogens is 258 g/mol. The molecule has 0 spiro atoms. The fourth-order valence-electron chi connectivity index (χ4n) is 3.77. The van der Waals surface area contributed by atoms with Crippen LogP contribution in [0.15, 0.2) is 6.33 Å². The number of nitrogens with two attached hydrogens (primary N) is 1. The fourth-order valence-corrected chi connectivity index (χ4v) is 3.77. The molecule has 2 fully saturated rings. The standard InChI is InChI=1S/C13H17N5O2/c1-6-16-11(14)10-12(17-6)18(5-15-10)8-2-9(20)13(4-19)3-7(8)13/h5,7-9,19-20H,2-4H2,1H3,(H2,14,16,17). The molecule has 4 N–H and O–H groups in total. The van der Waals surface area contributed by atoms with E-state index in [-0.39, 0.29) is 24.0 Å². The van der Waals surface area contributed by atoms with Crippen molar-refractivity contribution >= 4 is 17.0 Å². The van der Waals surface area contributed by atoms with Crippen LogP contribution in [0.1, 0.15) is 24.7 Å². The summed E-state index contributed by atoms with van der Waals surface area (Å²) in [4.78, 5) is 12.8. The van der Waals surface area contributed by atoms with Gasteiger partial charge < -0.3 is 20.5 Å². The largest absolute Gasteiger partial charge is 0.396 e. The SMILES string of the molecule is Cc1nc(N)c2ncn(C3CC(O)C4(CO)CC34)c2n1. The van der Waals surface area contributed by atoms with E-state index in [4.69, 9.17) is 5.73 Å². The highest BCUT2D eigenvalue weighted by molar-refractivity contribution is 5.81. The minimum Gasteiger partial charge on any atom is -0.396 e. The Hall–Kier alpha value is -1.73. The van der Waals surface area contributed by atoms with Gasteiger partial charge in [0.2, 0.25) is 0 Å². The van der Waals surface area contributed by atoms with Gasteiger partial charge in [0.25, 0.3) is 0 Å². The third-order valence-corrected chi connectivity index (χ3v) is 4.98. The van der Waals surface area contributed by atoms with Crippen molar-refractivity contribution in [1.29, 1.82) is 0 Å². The number of hydrogen-bond donors (Lipinski definition) is 3. The molecule has 2 aromatic rings. The van der Waals surface area contributed by atoms with E-state index >= 15 is 0 Å². The Morgan fingerprint density at radius 2 is 2.30 bits per heavy atom. The van der Waals surface area contributed by atoms with E-state index in [1.54, 1.807) is 13.3 Å². The molecule has 2 aliphatic rings. The van der Waals surface area contributed by atoms with Gasteiger partial charge in [0.1, 0.15) is 11.3 Å². The first-order valence-electron chi connectivity index (χ1n) is 6.82. The van der Waals surface area contributed by atoms with Gasteiger partial charge in [-0.3, -0.25) is 0 Å². The van der Waals surface area contributed by atoms with Crippen molar-refractivity contribution in [3.05, 3.63) is 12.2 Å². The van der Waals surface area contributed by atoms with Crippen molar-refractivity contribution < 1.29 is 10.2 Å². The first kappa shape index (κ1) is 12.0. The molecule has 4 atom stereocenters. The molecule has 0 amide bonds. The lowest BCUT2D eigenvalue weighted by atomic mass is 10.0. The van der Waals surface area contributed by atoms with E-state index in [1.165, 1.54) is 0 Å². The Balaban J connectivity index is 1.81. The molecule has 2 saturated carbocycles. The summed E-state index contributed by atoms with van der Waals surface area (Å²) < 4.78 is 1.98. The Labute approximate surface area is 115 Å². The Morgan fingerprint density at radius 1 is 1.50 bits per heavy atom. The first-order chi connectivity index (χ1) is 9.56. The fraction of sp³-hybridized carbons (Fsp3) is 0.615. The summed E-state index contributed by atoms with van der Waals surface area (Å²) in [6.45, 7) is 1.84. The minimum absolute atomic E-state index is 0.0398.